The van der Waals surface area contributed by atoms with Crippen molar-refractivity contribution in [1.82, 2.24) is 0 Å². The van der Waals surface area contributed by atoms with E-state index in [1.165, 1.54) is 0 Å². The Labute approximate surface area is 174 Å². The Hall–Kier alpha value is -0.130. The van der Waals surface area contributed by atoms with Crippen LogP contribution in [0.25, 0.3) is 0 Å². The monoisotopic (exact) mass is 446 g/mol. The third kappa shape index (κ3) is 24.0. The second-order valence-electron chi connectivity index (χ2n) is 5.95. The molecule has 176 valence electrons. The van der Waals surface area contributed by atoms with Gasteiger partial charge in [-0.25, -0.2) is 0 Å². The van der Waals surface area contributed by atoms with Crippen LogP contribution in [-0.4, -0.2) is 124 Å². The molecule has 11 heteroatoms. The zero-order valence-corrected chi connectivity index (χ0v) is 18.8. The van der Waals surface area contributed by atoms with Crippen molar-refractivity contribution in [1.29, 1.82) is 0 Å². The van der Waals surface area contributed by atoms with Gasteiger partial charge in [-0.2, -0.15) is 0 Å². The Morgan fingerprint density at radius 2 is 0.724 bits per heavy atom. The number of hydrogen-bond acceptors (Lipinski definition) is 9. The van der Waals surface area contributed by atoms with Crippen LogP contribution in [0.1, 0.15) is 0 Å². The molecule has 0 spiro atoms. The van der Waals surface area contributed by atoms with E-state index in [9.17, 15) is 9.46 Å². The van der Waals surface area contributed by atoms with Crippen molar-refractivity contribution in [3.8, 4) is 0 Å². The fraction of sp³-hybridized carbons (Fsp3) is 1.00. The van der Waals surface area contributed by atoms with Crippen molar-refractivity contribution in [3.63, 3.8) is 0 Å². The smallest absolute Gasteiger partial charge is 0.205 e. The van der Waals surface area contributed by atoms with Crippen LogP contribution in [0, 0.1) is 0 Å². The molecule has 0 heterocycles. The van der Waals surface area contributed by atoms with E-state index in [4.69, 9.17) is 37.9 Å². The molecular weight excluding hydrogens is 407 g/mol. The molecule has 0 aromatic rings. The maximum Gasteiger partial charge on any atom is 0.205 e. The Morgan fingerprint density at radius 3 is 1.00 bits per heavy atom. The SMILES string of the molecule is COCCOCCOCCOCCP(=O)(O)CCOCCOCCOCCOC. The lowest BCUT2D eigenvalue weighted by Crippen LogP contribution is -2.14. The van der Waals surface area contributed by atoms with Crippen molar-refractivity contribution in [2.24, 2.45) is 0 Å². The minimum absolute atomic E-state index is 0.103. The Morgan fingerprint density at radius 1 is 0.483 bits per heavy atom. The highest BCUT2D eigenvalue weighted by molar-refractivity contribution is 7.58. The number of ether oxygens (including phenoxy) is 8. The molecule has 0 aliphatic heterocycles. The molecule has 0 rings (SSSR count). The van der Waals surface area contributed by atoms with Gasteiger partial charge in [-0.1, -0.05) is 0 Å². The van der Waals surface area contributed by atoms with E-state index in [-0.39, 0.29) is 25.5 Å². The molecule has 29 heavy (non-hydrogen) atoms. The van der Waals surface area contributed by atoms with Gasteiger partial charge in [-0.15, -0.1) is 0 Å². The highest BCUT2D eigenvalue weighted by Crippen LogP contribution is 2.39. The molecular formula is C18H39O10P. The summed E-state index contributed by atoms with van der Waals surface area (Å²) in [4.78, 5) is 9.88. The highest BCUT2D eigenvalue weighted by Gasteiger charge is 2.17. The van der Waals surface area contributed by atoms with Crippen molar-refractivity contribution >= 4 is 7.37 Å². The van der Waals surface area contributed by atoms with Crippen LogP contribution in [0.4, 0.5) is 0 Å². The molecule has 0 aromatic heterocycles. The summed E-state index contributed by atoms with van der Waals surface area (Å²) in [6.07, 6.45) is 0.206. The third-order valence-corrected chi connectivity index (χ3v) is 5.28. The van der Waals surface area contributed by atoms with Crippen LogP contribution in [-0.2, 0) is 42.5 Å². The molecule has 0 fully saturated rings. The van der Waals surface area contributed by atoms with Crippen LogP contribution in [0.2, 0.25) is 0 Å². The van der Waals surface area contributed by atoms with Gasteiger partial charge in [0.15, 0.2) is 0 Å². The van der Waals surface area contributed by atoms with Crippen molar-refractivity contribution in [3.05, 3.63) is 0 Å². The van der Waals surface area contributed by atoms with E-state index in [1.54, 1.807) is 14.2 Å². The molecule has 0 radical (unpaired) electrons. The van der Waals surface area contributed by atoms with Crippen LogP contribution >= 0.6 is 7.37 Å². The number of rotatable bonds is 24. The molecule has 0 aliphatic rings. The van der Waals surface area contributed by atoms with Gasteiger partial charge in [0.1, 0.15) is 0 Å². The summed E-state index contributed by atoms with van der Waals surface area (Å²) in [7, 11) is -0.000653. The predicted molar refractivity (Wildman–Crippen MR) is 108 cm³/mol. The van der Waals surface area contributed by atoms with E-state index >= 15 is 0 Å². The fourth-order valence-electron chi connectivity index (χ4n) is 1.89. The van der Waals surface area contributed by atoms with Crippen LogP contribution in [0.3, 0.4) is 0 Å². The largest absolute Gasteiger partial charge is 0.382 e. The Kier molecular flexibility index (Phi) is 22.5. The van der Waals surface area contributed by atoms with Gasteiger partial charge < -0.3 is 42.8 Å². The average molecular weight is 446 g/mol. The van der Waals surface area contributed by atoms with Gasteiger partial charge in [0.25, 0.3) is 0 Å². The molecule has 0 amide bonds. The Balaban J connectivity index is 3.31. The summed E-state index contributed by atoms with van der Waals surface area (Å²) in [5.41, 5.74) is 0. The van der Waals surface area contributed by atoms with Crippen LogP contribution < -0.4 is 0 Å². The molecule has 0 bridgehead atoms. The first-order valence-electron chi connectivity index (χ1n) is 9.87. The predicted octanol–water partition coefficient (Wildman–Crippen LogP) is 0.649. The number of methoxy groups -OCH3 is 2. The van der Waals surface area contributed by atoms with E-state index < -0.39 is 7.37 Å². The van der Waals surface area contributed by atoms with Crippen LogP contribution in [0.5, 0.6) is 0 Å². The minimum Gasteiger partial charge on any atom is -0.382 e. The summed E-state index contributed by atoms with van der Waals surface area (Å²) in [6, 6.07) is 0. The lowest BCUT2D eigenvalue weighted by molar-refractivity contribution is 0.00484. The molecule has 0 saturated heterocycles. The topological polar surface area (TPSA) is 111 Å². The van der Waals surface area contributed by atoms with Crippen molar-refractivity contribution in [2.75, 3.05) is 119 Å². The van der Waals surface area contributed by atoms with E-state index in [0.717, 1.165) is 0 Å². The van der Waals surface area contributed by atoms with E-state index in [2.05, 4.69) is 0 Å². The first kappa shape index (κ1) is 28.9. The molecule has 0 aromatic carbocycles. The second-order valence-corrected chi connectivity index (χ2v) is 8.54. The highest BCUT2D eigenvalue weighted by atomic mass is 31.2. The quantitative estimate of drug-likeness (QED) is 0.168. The first-order valence-corrected chi connectivity index (χ1v) is 11.9. The summed E-state index contributed by atoms with van der Waals surface area (Å²) in [5, 5.41) is 0. The normalized spacial score (nSPS) is 12.0. The molecule has 1 N–H and O–H groups in total. The van der Waals surface area contributed by atoms with Gasteiger partial charge in [0.2, 0.25) is 7.37 Å². The standard InChI is InChI=1S/C18H39O10P/c1-21-3-5-23-7-9-25-11-13-27-15-17-29(19,20)18-16-28-14-12-26-10-8-24-6-4-22-2/h3-18H2,1-2H3,(H,19,20). The van der Waals surface area contributed by atoms with Gasteiger partial charge in [-0.3, -0.25) is 4.57 Å². The maximum atomic E-state index is 12.0. The fourth-order valence-corrected chi connectivity index (χ4v) is 2.95. The summed E-state index contributed by atoms with van der Waals surface area (Å²) < 4.78 is 53.5. The van der Waals surface area contributed by atoms with E-state index in [1.807, 2.05) is 0 Å². The van der Waals surface area contributed by atoms with E-state index in [0.29, 0.717) is 79.3 Å². The molecule has 0 unspecified atom stereocenters. The molecule has 0 aliphatic carbocycles. The van der Waals surface area contributed by atoms with Crippen molar-refractivity contribution < 1.29 is 47.4 Å². The third-order valence-electron chi connectivity index (χ3n) is 3.52. The number of hydrogen-bond donors (Lipinski definition) is 1. The van der Waals surface area contributed by atoms with Gasteiger partial charge in [0, 0.05) is 26.5 Å². The zero-order valence-electron chi connectivity index (χ0n) is 17.9. The average Bonchev–Trinajstić information content (AvgIpc) is 2.70. The van der Waals surface area contributed by atoms with Crippen molar-refractivity contribution in [2.45, 2.75) is 0 Å². The first-order chi connectivity index (χ1) is 14.1. The van der Waals surface area contributed by atoms with Crippen LogP contribution in [0.15, 0.2) is 0 Å². The summed E-state index contributed by atoms with van der Waals surface area (Å²) >= 11 is 0. The Bertz CT molecular complexity index is 343. The zero-order chi connectivity index (χ0) is 21.5. The molecule has 0 saturated carbocycles. The lowest BCUT2D eigenvalue weighted by Gasteiger charge is -2.12. The van der Waals surface area contributed by atoms with Gasteiger partial charge in [0.05, 0.1) is 92.5 Å². The molecule has 0 atom stereocenters. The minimum atomic E-state index is -3.24. The lowest BCUT2D eigenvalue weighted by atomic mass is 10.7. The maximum absolute atomic E-state index is 12.0. The van der Waals surface area contributed by atoms with Gasteiger partial charge in [-0.05, 0) is 0 Å². The molecule has 10 nitrogen and oxygen atoms in total. The summed E-state index contributed by atoms with van der Waals surface area (Å²) in [5.74, 6) is 0. The van der Waals surface area contributed by atoms with Gasteiger partial charge >= 0.3 is 0 Å². The summed E-state index contributed by atoms with van der Waals surface area (Å²) in [6.45, 7) is 6.21. The second kappa shape index (κ2) is 22.6.